The number of amides is 2. The quantitative estimate of drug-likeness (QED) is 0.835. The summed E-state index contributed by atoms with van der Waals surface area (Å²) < 4.78 is 13.7. The van der Waals surface area contributed by atoms with Crippen molar-refractivity contribution in [2.75, 3.05) is 18.4 Å². The molecule has 0 saturated carbocycles. The van der Waals surface area contributed by atoms with E-state index in [1.165, 1.54) is 11.6 Å². The normalized spacial score (nSPS) is 14.9. The Balaban J connectivity index is 1.49. The summed E-state index contributed by atoms with van der Waals surface area (Å²) in [7, 11) is 0. The van der Waals surface area contributed by atoms with Crippen molar-refractivity contribution in [2.45, 2.75) is 39.0 Å². The molecule has 5 heteroatoms. The highest BCUT2D eigenvalue weighted by atomic mass is 19.1. The van der Waals surface area contributed by atoms with Crippen LogP contribution in [0.15, 0.2) is 48.5 Å². The lowest BCUT2D eigenvalue weighted by Crippen LogP contribution is -2.42. The summed E-state index contributed by atoms with van der Waals surface area (Å²) in [6.45, 7) is 5.32. The van der Waals surface area contributed by atoms with Gasteiger partial charge in [0.2, 0.25) is 11.8 Å². The van der Waals surface area contributed by atoms with Crippen LogP contribution in [0, 0.1) is 11.7 Å². The fraction of sp³-hybridized carbons (Fsp3) is 0.391. The maximum atomic E-state index is 13.7. The maximum Gasteiger partial charge on any atom is 0.227 e. The zero-order valence-electron chi connectivity index (χ0n) is 16.5. The molecule has 2 amide bonds. The fourth-order valence-corrected chi connectivity index (χ4v) is 3.50. The maximum absolute atomic E-state index is 13.7. The molecule has 0 radical (unpaired) electrons. The average Bonchev–Trinajstić information content (AvgIpc) is 2.70. The minimum Gasteiger partial charge on any atom is -0.342 e. The van der Waals surface area contributed by atoms with Gasteiger partial charge in [-0.1, -0.05) is 44.2 Å². The third-order valence-electron chi connectivity index (χ3n) is 5.36. The summed E-state index contributed by atoms with van der Waals surface area (Å²) in [5.74, 6) is -0.0985. The SMILES string of the molecule is CC(C)c1ccc(NC(=O)C2CCN(C(=O)Cc3ccccc3F)CC2)cc1. The third kappa shape index (κ3) is 4.97. The van der Waals surface area contributed by atoms with Crippen LogP contribution in [0.5, 0.6) is 0 Å². The first-order chi connectivity index (χ1) is 13.4. The number of likely N-dealkylation sites (tertiary alicyclic amines) is 1. The van der Waals surface area contributed by atoms with Crippen LogP contribution in [-0.4, -0.2) is 29.8 Å². The Labute approximate surface area is 165 Å². The van der Waals surface area contributed by atoms with Crippen LogP contribution >= 0.6 is 0 Å². The summed E-state index contributed by atoms with van der Waals surface area (Å²) >= 11 is 0. The number of halogens is 1. The molecule has 1 aliphatic heterocycles. The zero-order valence-corrected chi connectivity index (χ0v) is 16.5. The number of carbonyl (C=O) groups is 2. The molecule has 0 bridgehead atoms. The van der Waals surface area contributed by atoms with Gasteiger partial charge in [-0.2, -0.15) is 0 Å². The monoisotopic (exact) mass is 382 g/mol. The van der Waals surface area contributed by atoms with Gasteiger partial charge < -0.3 is 10.2 Å². The number of anilines is 1. The molecule has 2 aromatic carbocycles. The van der Waals surface area contributed by atoms with Crippen LogP contribution in [0.25, 0.3) is 0 Å². The van der Waals surface area contributed by atoms with Crippen LogP contribution in [0.4, 0.5) is 10.1 Å². The second-order valence-corrected chi connectivity index (χ2v) is 7.69. The number of carbonyl (C=O) groups excluding carboxylic acids is 2. The summed E-state index contributed by atoms with van der Waals surface area (Å²) in [5.41, 5.74) is 2.45. The number of benzene rings is 2. The topological polar surface area (TPSA) is 49.4 Å². The molecule has 0 spiro atoms. The summed E-state index contributed by atoms with van der Waals surface area (Å²) in [4.78, 5) is 26.7. The van der Waals surface area contributed by atoms with Crippen LogP contribution in [0.3, 0.4) is 0 Å². The molecule has 1 N–H and O–H groups in total. The lowest BCUT2D eigenvalue weighted by Gasteiger charge is -2.31. The van der Waals surface area contributed by atoms with E-state index >= 15 is 0 Å². The van der Waals surface area contributed by atoms with Crippen molar-refractivity contribution in [3.63, 3.8) is 0 Å². The van der Waals surface area contributed by atoms with E-state index in [-0.39, 0.29) is 30.0 Å². The first-order valence-corrected chi connectivity index (χ1v) is 9.86. The van der Waals surface area contributed by atoms with Gasteiger partial charge in [-0.3, -0.25) is 9.59 Å². The lowest BCUT2D eigenvalue weighted by atomic mass is 9.95. The number of nitrogens with zero attached hydrogens (tertiary/aromatic N) is 1. The molecule has 148 valence electrons. The Kier molecular flexibility index (Phi) is 6.45. The standard InChI is InChI=1S/C23H27FN2O2/c1-16(2)17-7-9-20(10-8-17)25-23(28)18-11-13-26(14-12-18)22(27)15-19-5-3-4-6-21(19)24/h3-10,16,18H,11-15H2,1-2H3,(H,25,28). The van der Waals surface area contributed by atoms with Crippen molar-refractivity contribution >= 4 is 17.5 Å². The van der Waals surface area contributed by atoms with Gasteiger partial charge in [0.05, 0.1) is 6.42 Å². The van der Waals surface area contributed by atoms with E-state index in [1.54, 1.807) is 23.1 Å². The number of piperidine rings is 1. The predicted molar refractivity (Wildman–Crippen MR) is 109 cm³/mol. The molecular weight excluding hydrogens is 355 g/mol. The van der Waals surface area contributed by atoms with Gasteiger partial charge in [-0.05, 0) is 48.1 Å². The first kappa shape index (κ1) is 20.1. The molecule has 1 heterocycles. The Bertz CT molecular complexity index is 825. The van der Waals surface area contributed by atoms with Crippen molar-refractivity contribution < 1.29 is 14.0 Å². The number of hydrogen-bond acceptors (Lipinski definition) is 2. The minimum atomic E-state index is -0.353. The van der Waals surface area contributed by atoms with Crippen molar-refractivity contribution in [1.29, 1.82) is 0 Å². The van der Waals surface area contributed by atoms with Gasteiger partial charge in [-0.15, -0.1) is 0 Å². The Morgan fingerprint density at radius 1 is 1.07 bits per heavy atom. The van der Waals surface area contributed by atoms with Gasteiger partial charge in [-0.25, -0.2) is 4.39 Å². The lowest BCUT2D eigenvalue weighted by molar-refractivity contribution is -0.133. The Hall–Kier alpha value is -2.69. The molecular formula is C23H27FN2O2. The Morgan fingerprint density at radius 2 is 1.71 bits per heavy atom. The summed E-state index contributed by atoms with van der Waals surface area (Å²) in [5, 5.41) is 2.98. The molecule has 1 aliphatic rings. The first-order valence-electron chi connectivity index (χ1n) is 9.86. The van der Waals surface area contributed by atoms with Crippen LogP contribution in [0.1, 0.15) is 43.7 Å². The Morgan fingerprint density at radius 3 is 2.32 bits per heavy atom. The fourth-order valence-electron chi connectivity index (χ4n) is 3.50. The number of rotatable bonds is 5. The van der Waals surface area contributed by atoms with Gasteiger partial charge in [0.1, 0.15) is 5.82 Å². The van der Waals surface area contributed by atoms with Crippen molar-refractivity contribution in [3.8, 4) is 0 Å². The van der Waals surface area contributed by atoms with E-state index in [2.05, 4.69) is 19.2 Å². The van der Waals surface area contributed by atoms with Crippen molar-refractivity contribution in [3.05, 3.63) is 65.5 Å². The van der Waals surface area contributed by atoms with Crippen LogP contribution in [0.2, 0.25) is 0 Å². The highest BCUT2D eigenvalue weighted by Gasteiger charge is 2.27. The highest BCUT2D eigenvalue weighted by Crippen LogP contribution is 2.22. The van der Waals surface area contributed by atoms with Crippen molar-refractivity contribution in [2.24, 2.45) is 5.92 Å². The molecule has 0 unspecified atom stereocenters. The van der Waals surface area contributed by atoms with E-state index in [4.69, 9.17) is 0 Å². The average molecular weight is 382 g/mol. The highest BCUT2D eigenvalue weighted by molar-refractivity contribution is 5.92. The molecule has 2 aromatic rings. The molecule has 0 aromatic heterocycles. The molecule has 0 atom stereocenters. The molecule has 1 saturated heterocycles. The predicted octanol–water partition coefficient (Wildman–Crippen LogP) is 4.37. The van der Waals surface area contributed by atoms with E-state index in [0.29, 0.717) is 37.4 Å². The molecule has 4 nitrogen and oxygen atoms in total. The molecule has 1 fully saturated rings. The van der Waals surface area contributed by atoms with Gasteiger partial charge >= 0.3 is 0 Å². The van der Waals surface area contributed by atoms with Crippen LogP contribution in [-0.2, 0) is 16.0 Å². The number of nitrogens with one attached hydrogen (secondary N) is 1. The van der Waals surface area contributed by atoms with Gasteiger partial charge in [0.15, 0.2) is 0 Å². The molecule has 0 aliphatic carbocycles. The van der Waals surface area contributed by atoms with E-state index in [9.17, 15) is 14.0 Å². The minimum absolute atomic E-state index is 0.00139. The second kappa shape index (κ2) is 9.00. The number of hydrogen-bond donors (Lipinski definition) is 1. The van der Waals surface area contributed by atoms with E-state index in [0.717, 1.165) is 5.69 Å². The van der Waals surface area contributed by atoms with Crippen molar-refractivity contribution in [1.82, 2.24) is 4.90 Å². The zero-order chi connectivity index (χ0) is 20.1. The van der Waals surface area contributed by atoms with Gasteiger partial charge in [0, 0.05) is 24.7 Å². The summed E-state index contributed by atoms with van der Waals surface area (Å²) in [6, 6.07) is 14.3. The second-order valence-electron chi connectivity index (χ2n) is 7.69. The van der Waals surface area contributed by atoms with E-state index < -0.39 is 0 Å². The van der Waals surface area contributed by atoms with Crippen LogP contribution < -0.4 is 5.32 Å². The summed E-state index contributed by atoms with van der Waals surface area (Å²) in [6.07, 6.45) is 1.31. The third-order valence-corrected chi connectivity index (χ3v) is 5.36. The largest absolute Gasteiger partial charge is 0.342 e. The smallest absolute Gasteiger partial charge is 0.227 e. The van der Waals surface area contributed by atoms with E-state index in [1.807, 2.05) is 24.3 Å². The van der Waals surface area contributed by atoms with Gasteiger partial charge in [0.25, 0.3) is 0 Å². The molecule has 28 heavy (non-hydrogen) atoms. The molecule has 3 rings (SSSR count).